The zero-order chi connectivity index (χ0) is 54.3. The Morgan fingerprint density at radius 2 is 0.560 bits per heavy atom. The third kappa shape index (κ3) is 61.1. The minimum Gasteiger partial charge on any atom is -0.462 e. The highest BCUT2D eigenvalue weighted by molar-refractivity contribution is 5.72. The second-order valence-electron chi connectivity index (χ2n) is 21.0. The van der Waals surface area contributed by atoms with Gasteiger partial charge in [-0.2, -0.15) is 0 Å². The maximum absolute atomic E-state index is 12.8. The van der Waals surface area contributed by atoms with Gasteiger partial charge in [0.2, 0.25) is 0 Å². The van der Waals surface area contributed by atoms with Gasteiger partial charge in [-0.25, -0.2) is 0 Å². The van der Waals surface area contributed by atoms with Crippen molar-refractivity contribution < 1.29 is 28.6 Å². The number of hydrogen-bond acceptors (Lipinski definition) is 6. The highest BCUT2D eigenvalue weighted by Gasteiger charge is 2.19. The predicted octanol–water partition coefficient (Wildman–Crippen LogP) is 21.7. The van der Waals surface area contributed by atoms with Crippen molar-refractivity contribution in [2.24, 2.45) is 0 Å². The van der Waals surface area contributed by atoms with Gasteiger partial charge in [-0.15, -0.1) is 0 Å². The minimum atomic E-state index is -0.830. The van der Waals surface area contributed by atoms with Crippen LogP contribution in [0.1, 0.15) is 303 Å². The normalized spacial score (nSPS) is 12.7. The van der Waals surface area contributed by atoms with Crippen molar-refractivity contribution in [2.75, 3.05) is 13.2 Å². The van der Waals surface area contributed by atoms with Gasteiger partial charge in [-0.05, 0) is 83.5 Å². The number of ether oxygens (including phenoxy) is 3. The first-order chi connectivity index (χ1) is 37.0. The Bertz CT molecular complexity index is 1480. The number of unbranched alkanes of at least 4 members (excludes halogenated alkanes) is 31. The van der Waals surface area contributed by atoms with Crippen molar-refractivity contribution in [3.63, 3.8) is 0 Å². The van der Waals surface area contributed by atoms with Crippen molar-refractivity contribution in [3.05, 3.63) is 97.2 Å². The molecule has 75 heavy (non-hydrogen) atoms. The molecule has 0 saturated carbocycles. The van der Waals surface area contributed by atoms with Crippen molar-refractivity contribution in [2.45, 2.75) is 309 Å². The fourth-order valence-electron chi connectivity index (χ4n) is 8.88. The molecule has 0 aromatic heterocycles. The molecular weight excluding hydrogens is 925 g/mol. The lowest BCUT2D eigenvalue weighted by atomic mass is 10.0. The average molecular weight is 1040 g/mol. The minimum absolute atomic E-state index is 0.0980. The number of carbonyl (C=O) groups excluding carboxylic acids is 3. The molecule has 0 aromatic carbocycles. The summed E-state index contributed by atoms with van der Waals surface area (Å²) in [6.07, 6.45) is 84.6. The van der Waals surface area contributed by atoms with E-state index in [2.05, 4.69) is 106 Å². The lowest BCUT2D eigenvalue weighted by molar-refractivity contribution is -0.166. The van der Waals surface area contributed by atoms with Gasteiger partial charge in [-0.3, -0.25) is 14.4 Å². The van der Waals surface area contributed by atoms with E-state index in [9.17, 15) is 14.4 Å². The van der Waals surface area contributed by atoms with Gasteiger partial charge >= 0.3 is 17.9 Å². The van der Waals surface area contributed by atoms with E-state index in [1.807, 2.05) is 6.08 Å². The lowest BCUT2D eigenvalue weighted by Gasteiger charge is -2.18. The Labute approximate surface area is 464 Å². The number of esters is 3. The first kappa shape index (κ1) is 71.3. The van der Waals surface area contributed by atoms with Gasteiger partial charge in [0.25, 0.3) is 0 Å². The van der Waals surface area contributed by atoms with Gasteiger partial charge in [0.05, 0.1) is 6.42 Å². The number of rotatable bonds is 57. The summed E-state index contributed by atoms with van der Waals surface area (Å²) in [6, 6.07) is 0. The molecular formula is C69H118O6. The van der Waals surface area contributed by atoms with Crippen LogP contribution in [0.3, 0.4) is 0 Å². The van der Waals surface area contributed by atoms with Crippen LogP contribution in [0.25, 0.3) is 0 Å². The molecule has 0 heterocycles. The first-order valence-corrected chi connectivity index (χ1v) is 31.7. The molecule has 0 N–H and O–H groups in total. The lowest BCUT2D eigenvalue weighted by Crippen LogP contribution is -2.30. The number of carbonyl (C=O) groups is 3. The van der Waals surface area contributed by atoms with Crippen molar-refractivity contribution >= 4 is 17.9 Å². The van der Waals surface area contributed by atoms with E-state index >= 15 is 0 Å². The molecule has 0 rings (SSSR count). The Balaban J connectivity index is 4.21. The van der Waals surface area contributed by atoms with E-state index in [0.29, 0.717) is 12.8 Å². The van der Waals surface area contributed by atoms with Gasteiger partial charge in [0, 0.05) is 12.8 Å². The maximum Gasteiger partial charge on any atom is 0.310 e. The second-order valence-corrected chi connectivity index (χ2v) is 21.0. The highest BCUT2D eigenvalue weighted by atomic mass is 16.6. The van der Waals surface area contributed by atoms with Gasteiger partial charge < -0.3 is 14.2 Å². The molecule has 6 heteroatoms. The molecule has 0 saturated heterocycles. The van der Waals surface area contributed by atoms with Crippen LogP contribution in [0.2, 0.25) is 0 Å². The van der Waals surface area contributed by atoms with Crippen molar-refractivity contribution in [1.29, 1.82) is 0 Å². The van der Waals surface area contributed by atoms with Gasteiger partial charge in [-0.1, -0.05) is 298 Å². The van der Waals surface area contributed by atoms with E-state index < -0.39 is 12.1 Å². The monoisotopic (exact) mass is 1040 g/mol. The molecule has 6 nitrogen and oxygen atoms in total. The van der Waals surface area contributed by atoms with Crippen LogP contribution in [-0.4, -0.2) is 37.2 Å². The van der Waals surface area contributed by atoms with Crippen LogP contribution in [0, 0.1) is 0 Å². The van der Waals surface area contributed by atoms with Crippen LogP contribution in [0.5, 0.6) is 0 Å². The largest absolute Gasteiger partial charge is 0.462 e. The van der Waals surface area contributed by atoms with Crippen LogP contribution in [-0.2, 0) is 28.6 Å². The molecule has 0 aliphatic heterocycles. The fraction of sp³-hybridized carbons (Fsp3) is 0.725. The van der Waals surface area contributed by atoms with E-state index in [4.69, 9.17) is 14.2 Å². The van der Waals surface area contributed by atoms with Crippen LogP contribution >= 0.6 is 0 Å². The summed E-state index contributed by atoms with van der Waals surface area (Å²) in [5.41, 5.74) is 0. The molecule has 0 spiro atoms. The predicted molar refractivity (Wildman–Crippen MR) is 325 cm³/mol. The Kier molecular flexibility index (Phi) is 59.8. The molecule has 1 atom stereocenters. The van der Waals surface area contributed by atoms with E-state index in [1.54, 1.807) is 6.08 Å². The molecule has 0 radical (unpaired) electrons. The first-order valence-electron chi connectivity index (χ1n) is 31.7. The van der Waals surface area contributed by atoms with Crippen LogP contribution < -0.4 is 0 Å². The van der Waals surface area contributed by atoms with Gasteiger partial charge in [0.15, 0.2) is 6.10 Å². The summed E-state index contributed by atoms with van der Waals surface area (Å²) in [6.45, 7) is 6.44. The Hall–Kier alpha value is -3.67. The van der Waals surface area contributed by atoms with Crippen LogP contribution in [0.15, 0.2) is 97.2 Å². The summed E-state index contributed by atoms with van der Waals surface area (Å²) in [5.74, 6) is -1.04. The van der Waals surface area contributed by atoms with Crippen LogP contribution in [0.4, 0.5) is 0 Å². The molecule has 0 aliphatic rings. The molecule has 0 aliphatic carbocycles. The molecule has 0 fully saturated rings. The smallest absolute Gasteiger partial charge is 0.310 e. The molecule has 1 unspecified atom stereocenters. The molecule has 0 amide bonds. The summed E-state index contributed by atoms with van der Waals surface area (Å²) < 4.78 is 16.8. The third-order valence-corrected chi connectivity index (χ3v) is 13.6. The Morgan fingerprint density at radius 1 is 0.293 bits per heavy atom. The maximum atomic E-state index is 12.8. The van der Waals surface area contributed by atoms with E-state index in [0.717, 1.165) is 83.5 Å². The van der Waals surface area contributed by atoms with Gasteiger partial charge in [0.1, 0.15) is 13.2 Å². The molecule has 0 aromatic rings. The van der Waals surface area contributed by atoms with E-state index in [-0.39, 0.29) is 31.6 Å². The summed E-state index contributed by atoms with van der Waals surface area (Å²) >= 11 is 0. The summed E-state index contributed by atoms with van der Waals surface area (Å²) in [4.78, 5) is 38.1. The highest BCUT2D eigenvalue weighted by Crippen LogP contribution is 2.16. The molecule has 430 valence electrons. The quantitative estimate of drug-likeness (QED) is 0.0261. The average Bonchev–Trinajstić information content (AvgIpc) is 3.41. The standard InChI is InChI=1S/C69H118O6/c1-4-7-10-13-16-19-22-24-26-27-28-29-30-31-32-33-34-35-36-37-38-39-40-41-43-44-47-50-53-56-59-62-68(71)74-65-66(64-73-67(70)61-58-55-52-49-46-21-18-15-12-9-6-3)75-69(72)63-60-57-54-51-48-45-42-25-23-20-17-14-11-8-5-2/h8,11,17,20,22,24-25,27-28,30-31,42,48,51,57,60,66H,4-7,9-10,12-16,18-19,21,23,26,29,32-41,43-47,49-50,52-56,58-59,61-65H2,1-3H3/b11-8-,20-17-,24-22-,28-27-,31-30-,42-25-,51-48-,60-57-. The summed E-state index contributed by atoms with van der Waals surface area (Å²) in [7, 11) is 0. The Morgan fingerprint density at radius 3 is 0.880 bits per heavy atom. The fourth-order valence-corrected chi connectivity index (χ4v) is 8.88. The third-order valence-electron chi connectivity index (χ3n) is 13.6. The number of hydrogen-bond donors (Lipinski definition) is 0. The second kappa shape index (κ2) is 62.9. The number of allylic oxidation sites excluding steroid dienone is 15. The summed E-state index contributed by atoms with van der Waals surface area (Å²) in [5, 5.41) is 0. The van der Waals surface area contributed by atoms with E-state index in [1.165, 1.54) is 180 Å². The zero-order valence-electron chi connectivity index (χ0n) is 49.3. The topological polar surface area (TPSA) is 78.9 Å². The van der Waals surface area contributed by atoms with Crippen molar-refractivity contribution in [3.8, 4) is 0 Å². The van der Waals surface area contributed by atoms with Crippen molar-refractivity contribution in [1.82, 2.24) is 0 Å². The zero-order valence-corrected chi connectivity index (χ0v) is 49.3. The molecule has 0 bridgehead atoms. The SMILES string of the molecule is CC/C=C\C/C=C\C/C=C\C/C=C\C/C=C\CC(=O)OC(COC(=O)CCCCCCCCCCCCC)COC(=O)CCCCCCCCCCCCCCCCCC/C=C\C/C=C\C/C=C\CCCCCCC.